The van der Waals surface area contributed by atoms with E-state index in [2.05, 4.69) is 58.1 Å². The molecule has 1 heteroatoms. The molecular weight excluding hydrogens is 230 g/mol. The Kier molecular flexibility index (Phi) is 4.35. The minimum absolute atomic E-state index is 0.373. The topological polar surface area (TPSA) is 12.0 Å². The number of rotatable bonds is 3. The van der Waals surface area contributed by atoms with E-state index < -0.39 is 0 Å². The SMILES string of the molecule is CC(C)CC1Cc2cc(CC(C)(C)C)ccc2CN1. The number of hydrogen-bond acceptors (Lipinski definition) is 1. The second-order valence-electron chi connectivity index (χ2n) is 7.75. The maximum Gasteiger partial charge on any atom is 0.0210 e. The van der Waals surface area contributed by atoms with Gasteiger partial charge in [-0.2, -0.15) is 0 Å². The summed E-state index contributed by atoms with van der Waals surface area (Å²) < 4.78 is 0. The number of benzene rings is 1. The van der Waals surface area contributed by atoms with Gasteiger partial charge in [-0.1, -0.05) is 52.8 Å². The van der Waals surface area contributed by atoms with Crippen molar-refractivity contribution in [1.82, 2.24) is 5.32 Å². The molecule has 1 aromatic carbocycles. The monoisotopic (exact) mass is 259 g/mol. The molecule has 0 saturated heterocycles. The Morgan fingerprint density at radius 3 is 2.58 bits per heavy atom. The summed E-state index contributed by atoms with van der Waals surface area (Å²) >= 11 is 0. The lowest BCUT2D eigenvalue weighted by Crippen LogP contribution is -2.36. The van der Waals surface area contributed by atoms with Crippen LogP contribution in [0.15, 0.2) is 18.2 Å². The van der Waals surface area contributed by atoms with Gasteiger partial charge in [-0.15, -0.1) is 0 Å². The highest BCUT2D eigenvalue weighted by Gasteiger charge is 2.20. The third kappa shape index (κ3) is 4.35. The van der Waals surface area contributed by atoms with Gasteiger partial charge in [0.1, 0.15) is 0 Å². The van der Waals surface area contributed by atoms with Crippen LogP contribution in [0.2, 0.25) is 0 Å². The zero-order chi connectivity index (χ0) is 14.0. The molecule has 0 aliphatic carbocycles. The minimum Gasteiger partial charge on any atom is -0.310 e. The van der Waals surface area contributed by atoms with Crippen LogP contribution >= 0.6 is 0 Å². The largest absolute Gasteiger partial charge is 0.310 e. The maximum absolute atomic E-state index is 3.67. The molecule has 0 saturated carbocycles. The van der Waals surface area contributed by atoms with E-state index >= 15 is 0 Å². The third-order valence-corrected chi connectivity index (χ3v) is 3.81. The number of nitrogens with one attached hydrogen (secondary N) is 1. The highest BCUT2D eigenvalue weighted by molar-refractivity contribution is 5.34. The first-order valence-corrected chi connectivity index (χ1v) is 7.67. The molecule has 1 aromatic rings. The van der Waals surface area contributed by atoms with E-state index in [1.807, 2.05) is 0 Å². The second kappa shape index (κ2) is 5.66. The summed E-state index contributed by atoms with van der Waals surface area (Å²) in [7, 11) is 0. The predicted octanol–water partition coefficient (Wildman–Crippen LogP) is 4.34. The summed E-state index contributed by atoms with van der Waals surface area (Å²) in [5.74, 6) is 0.775. The molecule has 1 unspecified atom stereocenters. The van der Waals surface area contributed by atoms with Gasteiger partial charge < -0.3 is 5.32 Å². The molecule has 1 aliphatic heterocycles. The Hall–Kier alpha value is -0.820. The van der Waals surface area contributed by atoms with Gasteiger partial charge >= 0.3 is 0 Å². The van der Waals surface area contributed by atoms with E-state index in [1.165, 1.54) is 30.4 Å². The first-order chi connectivity index (χ1) is 8.83. The first-order valence-electron chi connectivity index (χ1n) is 7.67. The quantitative estimate of drug-likeness (QED) is 0.851. The van der Waals surface area contributed by atoms with Crippen molar-refractivity contribution in [3.8, 4) is 0 Å². The summed E-state index contributed by atoms with van der Waals surface area (Å²) in [6.07, 6.45) is 3.65. The summed E-state index contributed by atoms with van der Waals surface area (Å²) in [6.45, 7) is 12.6. The van der Waals surface area contributed by atoms with Gasteiger partial charge in [0.25, 0.3) is 0 Å². The standard InChI is InChI=1S/C18H29N/c1-13(2)8-17-10-16-9-14(11-18(3,4)5)6-7-15(16)12-19-17/h6-7,9,13,17,19H,8,10-12H2,1-5H3. The molecule has 1 nitrogen and oxygen atoms in total. The first kappa shape index (κ1) is 14.6. The summed E-state index contributed by atoms with van der Waals surface area (Å²) in [5, 5.41) is 3.67. The van der Waals surface area contributed by atoms with Crippen molar-refractivity contribution in [3.63, 3.8) is 0 Å². The van der Waals surface area contributed by atoms with Crippen LogP contribution in [0.3, 0.4) is 0 Å². The molecule has 106 valence electrons. The predicted molar refractivity (Wildman–Crippen MR) is 83.4 cm³/mol. The van der Waals surface area contributed by atoms with E-state index in [-0.39, 0.29) is 0 Å². The third-order valence-electron chi connectivity index (χ3n) is 3.81. The van der Waals surface area contributed by atoms with E-state index in [0.29, 0.717) is 11.5 Å². The summed E-state index contributed by atoms with van der Waals surface area (Å²) in [4.78, 5) is 0. The Bertz CT molecular complexity index is 426. The molecule has 1 atom stereocenters. The van der Waals surface area contributed by atoms with Crippen LogP contribution in [-0.4, -0.2) is 6.04 Å². The molecule has 19 heavy (non-hydrogen) atoms. The summed E-state index contributed by atoms with van der Waals surface area (Å²) in [6, 6.07) is 7.76. The smallest absolute Gasteiger partial charge is 0.0210 e. The van der Waals surface area contributed by atoms with Crippen molar-refractivity contribution in [3.05, 3.63) is 34.9 Å². The van der Waals surface area contributed by atoms with Crippen molar-refractivity contribution in [2.75, 3.05) is 0 Å². The normalized spacial score (nSPS) is 19.6. The van der Waals surface area contributed by atoms with Crippen molar-refractivity contribution in [2.24, 2.45) is 11.3 Å². The van der Waals surface area contributed by atoms with E-state index in [1.54, 1.807) is 5.56 Å². The van der Waals surface area contributed by atoms with Gasteiger partial charge in [0.15, 0.2) is 0 Å². The van der Waals surface area contributed by atoms with Crippen molar-refractivity contribution < 1.29 is 0 Å². The second-order valence-corrected chi connectivity index (χ2v) is 7.75. The van der Waals surface area contributed by atoms with Crippen LogP contribution in [-0.2, 0) is 19.4 Å². The molecular formula is C18H29N. The Labute approximate surface area is 118 Å². The van der Waals surface area contributed by atoms with Gasteiger partial charge in [0.2, 0.25) is 0 Å². The van der Waals surface area contributed by atoms with Crippen molar-refractivity contribution in [2.45, 2.75) is 66.5 Å². The molecule has 0 aromatic heterocycles. The fourth-order valence-electron chi connectivity index (χ4n) is 3.09. The van der Waals surface area contributed by atoms with Gasteiger partial charge in [-0.05, 0) is 47.3 Å². The number of hydrogen-bond donors (Lipinski definition) is 1. The highest BCUT2D eigenvalue weighted by Crippen LogP contribution is 2.25. The molecule has 2 rings (SSSR count). The Balaban J connectivity index is 2.11. The van der Waals surface area contributed by atoms with E-state index in [0.717, 1.165) is 12.5 Å². The minimum atomic E-state index is 0.373. The van der Waals surface area contributed by atoms with Crippen LogP contribution < -0.4 is 5.32 Å². The molecule has 1 heterocycles. The lowest BCUT2D eigenvalue weighted by atomic mass is 9.85. The Morgan fingerprint density at radius 2 is 1.95 bits per heavy atom. The Morgan fingerprint density at radius 1 is 1.21 bits per heavy atom. The van der Waals surface area contributed by atoms with Crippen LogP contribution in [0.5, 0.6) is 0 Å². The average molecular weight is 259 g/mol. The van der Waals surface area contributed by atoms with Crippen LogP contribution in [0.1, 0.15) is 57.7 Å². The molecule has 1 N–H and O–H groups in total. The molecule has 0 fully saturated rings. The van der Waals surface area contributed by atoms with E-state index in [9.17, 15) is 0 Å². The lowest BCUT2D eigenvalue weighted by Gasteiger charge is -2.28. The fourth-order valence-corrected chi connectivity index (χ4v) is 3.09. The van der Waals surface area contributed by atoms with Crippen LogP contribution in [0.4, 0.5) is 0 Å². The molecule has 0 radical (unpaired) electrons. The summed E-state index contributed by atoms with van der Waals surface area (Å²) in [5.41, 5.74) is 4.94. The molecule has 0 spiro atoms. The van der Waals surface area contributed by atoms with Gasteiger partial charge in [0, 0.05) is 12.6 Å². The number of fused-ring (bicyclic) bond motifs is 1. The van der Waals surface area contributed by atoms with Crippen LogP contribution in [0, 0.1) is 11.3 Å². The molecule has 0 amide bonds. The van der Waals surface area contributed by atoms with Gasteiger partial charge in [0.05, 0.1) is 0 Å². The molecule has 1 aliphatic rings. The average Bonchev–Trinajstić information content (AvgIpc) is 2.25. The lowest BCUT2D eigenvalue weighted by molar-refractivity contribution is 0.395. The fraction of sp³-hybridized carbons (Fsp3) is 0.667. The van der Waals surface area contributed by atoms with Crippen LogP contribution in [0.25, 0.3) is 0 Å². The van der Waals surface area contributed by atoms with Crippen molar-refractivity contribution >= 4 is 0 Å². The zero-order valence-corrected chi connectivity index (χ0v) is 13.2. The van der Waals surface area contributed by atoms with E-state index in [4.69, 9.17) is 0 Å². The highest BCUT2D eigenvalue weighted by atomic mass is 14.9. The zero-order valence-electron chi connectivity index (χ0n) is 13.2. The molecule has 0 bridgehead atoms. The van der Waals surface area contributed by atoms with Gasteiger partial charge in [-0.25, -0.2) is 0 Å². The van der Waals surface area contributed by atoms with Gasteiger partial charge in [-0.3, -0.25) is 0 Å². The maximum atomic E-state index is 3.67. The van der Waals surface area contributed by atoms with Crippen molar-refractivity contribution in [1.29, 1.82) is 0 Å².